The summed E-state index contributed by atoms with van der Waals surface area (Å²) >= 11 is 0. The van der Waals surface area contributed by atoms with Crippen LogP contribution in [-0.2, 0) is 12.1 Å². The van der Waals surface area contributed by atoms with Gasteiger partial charge in [0.25, 0.3) is 0 Å². The lowest BCUT2D eigenvalue weighted by Crippen LogP contribution is -3.11. The lowest BCUT2D eigenvalue weighted by molar-refractivity contribution is -0.841. The van der Waals surface area contributed by atoms with E-state index in [1.165, 1.54) is 36.1 Å². The zero-order valence-electron chi connectivity index (χ0n) is 12.3. The van der Waals surface area contributed by atoms with Gasteiger partial charge >= 0.3 is 0 Å². The van der Waals surface area contributed by atoms with E-state index < -0.39 is 23.3 Å². The zero-order valence-corrected chi connectivity index (χ0v) is 12.3. The van der Waals surface area contributed by atoms with E-state index in [9.17, 15) is 13.9 Å². The average molecular weight is 337 g/mol. The molecule has 2 heterocycles. The summed E-state index contributed by atoms with van der Waals surface area (Å²) in [5.74, 6) is -1.55. The maximum atomic E-state index is 14.3. The Labute approximate surface area is 138 Å². The fourth-order valence-electron chi connectivity index (χ4n) is 2.57. The maximum absolute atomic E-state index is 14.3. The number of hydrogen-bond donors (Lipinski definition) is 2. The quantitative estimate of drug-likeness (QED) is 0.826. The molecule has 3 atom stereocenters. The summed E-state index contributed by atoms with van der Waals surface area (Å²) in [4.78, 5) is 7.69. The summed E-state index contributed by atoms with van der Waals surface area (Å²) in [7, 11) is 0. The first-order valence-corrected chi connectivity index (χ1v) is 6.93. The molecule has 0 fully saturated rings. The van der Waals surface area contributed by atoms with Crippen LogP contribution in [0.25, 0.3) is 0 Å². The van der Waals surface area contributed by atoms with Crippen LogP contribution in [0.5, 0.6) is 0 Å². The molecule has 2 aromatic rings. The number of aliphatic imine (C=N–C) groups is 1. The van der Waals surface area contributed by atoms with Gasteiger partial charge in [-0.05, 0) is 19.1 Å². The van der Waals surface area contributed by atoms with Crippen molar-refractivity contribution in [2.45, 2.75) is 32.5 Å². The molecule has 128 valence electrons. The predicted octanol–water partition coefficient (Wildman–Crippen LogP) is 0.339. The Morgan fingerprint density at radius 1 is 1.38 bits per heavy atom. The van der Waals surface area contributed by atoms with Gasteiger partial charge in [-0.1, -0.05) is 12.5 Å². The number of aromatic nitrogens is 3. The van der Waals surface area contributed by atoms with E-state index in [-0.39, 0.29) is 19.5 Å². The molecule has 2 N–H and O–H groups in total. The smallest absolute Gasteiger partial charge is 0.217 e. The maximum Gasteiger partial charge on any atom is 0.217 e. The van der Waals surface area contributed by atoms with Crippen LogP contribution in [0.2, 0.25) is 0 Å². The molecule has 1 aliphatic heterocycles. The van der Waals surface area contributed by atoms with Crippen LogP contribution in [-0.4, -0.2) is 38.6 Å². The van der Waals surface area contributed by atoms with Gasteiger partial charge in [0.05, 0.1) is 6.54 Å². The van der Waals surface area contributed by atoms with Gasteiger partial charge in [-0.15, -0.1) is 0 Å². The lowest BCUT2D eigenvalue weighted by Gasteiger charge is -2.33. The van der Waals surface area contributed by atoms with Crippen LogP contribution in [0.3, 0.4) is 0 Å². The van der Waals surface area contributed by atoms with E-state index in [1.807, 2.05) is 0 Å². The zero-order chi connectivity index (χ0) is 16.4. The molecular formula is C15H19F2N6O+. The molecule has 1 aromatic heterocycles. The summed E-state index contributed by atoms with van der Waals surface area (Å²) in [6.07, 6.45) is 5.57. The number of aliphatic hydroxyl groups is 1. The Morgan fingerprint density at radius 2 is 2.17 bits per heavy atom. The Kier molecular flexibility index (Phi) is 5.15. The van der Waals surface area contributed by atoms with Crippen molar-refractivity contribution >= 4 is 12.7 Å². The topological polar surface area (TPSA) is 80.1 Å². The van der Waals surface area contributed by atoms with Crippen LogP contribution in [0.15, 0.2) is 40.9 Å². The Bertz CT molecular complexity index is 736. The molecule has 0 radical (unpaired) electrons. The molecule has 1 aliphatic rings. The van der Waals surface area contributed by atoms with Gasteiger partial charge in [-0.25, -0.2) is 18.4 Å². The summed E-state index contributed by atoms with van der Waals surface area (Å²) in [6, 6.07) is 2.47. The van der Waals surface area contributed by atoms with Crippen molar-refractivity contribution < 1.29 is 18.9 Å². The summed E-state index contributed by atoms with van der Waals surface area (Å²) in [5.41, 5.74) is -1.74. The molecule has 9 heteroatoms. The van der Waals surface area contributed by atoms with E-state index in [0.717, 1.165) is 12.1 Å². The molecule has 0 bridgehead atoms. The van der Waals surface area contributed by atoms with Gasteiger partial charge in [-0.3, -0.25) is 0 Å². The van der Waals surface area contributed by atoms with Crippen LogP contribution < -0.4 is 5.01 Å². The van der Waals surface area contributed by atoms with Crippen LogP contribution in [0.4, 0.5) is 8.78 Å². The minimum absolute atomic E-state index is 0. The first kappa shape index (κ1) is 17.8. The highest BCUT2D eigenvalue weighted by Crippen LogP contribution is 2.29. The van der Waals surface area contributed by atoms with E-state index in [2.05, 4.69) is 20.2 Å². The Hall–Kier alpha value is -2.52. The number of halogens is 2. The van der Waals surface area contributed by atoms with Crippen LogP contribution in [0.1, 0.15) is 19.9 Å². The third-order valence-electron chi connectivity index (χ3n) is 3.91. The van der Waals surface area contributed by atoms with Gasteiger partial charge in [0, 0.05) is 11.6 Å². The first-order valence-electron chi connectivity index (χ1n) is 6.93. The molecular weight excluding hydrogens is 318 g/mol. The predicted molar refractivity (Wildman–Crippen MR) is 84.4 cm³/mol. The van der Waals surface area contributed by atoms with Crippen LogP contribution in [0, 0.1) is 11.6 Å². The van der Waals surface area contributed by atoms with Crippen molar-refractivity contribution in [3.05, 3.63) is 48.1 Å². The van der Waals surface area contributed by atoms with Gasteiger partial charge in [0.15, 0.2) is 11.9 Å². The molecule has 24 heavy (non-hydrogen) atoms. The van der Waals surface area contributed by atoms with Gasteiger partial charge in [0.2, 0.25) is 6.34 Å². The SMILES string of the molecule is C.C[C@@H]([NH+]1C=NC=N1)[C@](O)(Cn1cncn1)c1ccc(F)cc1F. The largest absolute Gasteiger partial charge is 0.377 e. The van der Waals surface area contributed by atoms with Crippen molar-refractivity contribution in [3.8, 4) is 0 Å². The van der Waals surface area contributed by atoms with E-state index in [4.69, 9.17) is 0 Å². The van der Waals surface area contributed by atoms with Crippen molar-refractivity contribution in [1.82, 2.24) is 14.8 Å². The molecule has 0 amide bonds. The number of benzene rings is 1. The molecule has 7 nitrogen and oxygen atoms in total. The van der Waals surface area contributed by atoms with E-state index in [0.29, 0.717) is 5.01 Å². The van der Waals surface area contributed by atoms with Crippen molar-refractivity contribution in [2.75, 3.05) is 0 Å². The highest BCUT2D eigenvalue weighted by molar-refractivity contribution is 5.69. The Balaban J connectivity index is 0.00000208. The molecule has 1 unspecified atom stereocenters. The monoisotopic (exact) mass is 337 g/mol. The number of nitrogens with zero attached hydrogens (tertiary/aromatic N) is 5. The second-order valence-electron chi connectivity index (χ2n) is 5.31. The minimum atomic E-state index is -1.70. The molecule has 0 saturated carbocycles. The third-order valence-corrected chi connectivity index (χ3v) is 3.91. The summed E-state index contributed by atoms with van der Waals surface area (Å²) < 4.78 is 28.9. The van der Waals surface area contributed by atoms with Gasteiger partial charge < -0.3 is 5.11 Å². The normalized spacial score (nSPS) is 19.8. The van der Waals surface area contributed by atoms with Crippen molar-refractivity contribution in [1.29, 1.82) is 0 Å². The molecule has 0 saturated heterocycles. The number of rotatable bonds is 5. The summed E-state index contributed by atoms with van der Waals surface area (Å²) in [5, 5.41) is 19.8. The Morgan fingerprint density at radius 3 is 2.75 bits per heavy atom. The van der Waals surface area contributed by atoms with Crippen molar-refractivity contribution in [3.63, 3.8) is 0 Å². The standard InChI is InChI=1S/C14H14F2N6O.CH4/c1-10(22-9-18-7-20-22)14(23,5-21-8-17-6-19-21)12-3-2-11(15)4-13(12)16;/h2-4,6-10,23H,5H2,1H3;1H4/p+1/t10-,14-;/m1./s1. The fraction of sp³-hybridized carbons (Fsp3) is 0.333. The molecule has 0 aliphatic carbocycles. The second-order valence-corrected chi connectivity index (χ2v) is 5.31. The number of hydrogen-bond acceptors (Lipinski definition) is 5. The second kappa shape index (κ2) is 6.93. The van der Waals surface area contributed by atoms with Gasteiger partial charge in [0.1, 0.15) is 30.3 Å². The van der Waals surface area contributed by atoms with Gasteiger partial charge in [-0.2, -0.15) is 15.1 Å². The number of nitrogens with one attached hydrogen (secondary N) is 1. The molecule has 3 rings (SSSR count). The first-order chi connectivity index (χ1) is 11.0. The molecule has 0 spiro atoms. The van der Waals surface area contributed by atoms with Crippen LogP contribution >= 0.6 is 0 Å². The highest BCUT2D eigenvalue weighted by atomic mass is 19.1. The third kappa shape index (κ3) is 3.22. The minimum Gasteiger partial charge on any atom is -0.377 e. The van der Waals surface area contributed by atoms with Crippen molar-refractivity contribution in [2.24, 2.45) is 10.1 Å². The van der Waals surface area contributed by atoms with E-state index in [1.54, 1.807) is 6.92 Å². The average Bonchev–Trinajstić information content (AvgIpc) is 3.19. The number of quaternary nitrogens is 1. The fourth-order valence-corrected chi connectivity index (χ4v) is 2.57. The molecule has 1 aromatic carbocycles. The lowest BCUT2D eigenvalue weighted by atomic mass is 9.86. The summed E-state index contributed by atoms with van der Waals surface area (Å²) in [6.45, 7) is 1.63. The highest BCUT2D eigenvalue weighted by Gasteiger charge is 2.45. The van der Waals surface area contributed by atoms with E-state index >= 15 is 0 Å².